The van der Waals surface area contributed by atoms with Crippen LogP contribution in [0.15, 0.2) is 0 Å². The maximum Gasteiger partial charge on any atom is 0.231 e. The molecule has 0 aliphatic heterocycles. The van der Waals surface area contributed by atoms with E-state index >= 15 is 0 Å². The normalized spacial score (nSPS) is 23.1. The van der Waals surface area contributed by atoms with Gasteiger partial charge in [0.15, 0.2) is 0 Å². The molecule has 1 fully saturated rings. The molecule has 7 heteroatoms. The SMILES string of the molecule is CN(C)c1nc(N)nc(NCC2CCC(O)CC2)n1. The zero-order valence-electron chi connectivity index (χ0n) is 11.5. The lowest BCUT2D eigenvalue weighted by molar-refractivity contribution is 0.111. The van der Waals surface area contributed by atoms with E-state index in [2.05, 4.69) is 20.3 Å². The number of nitrogens with zero attached hydrogens (tertiary/aromatic N) is 4. The third kappa shape index (κ3) is 3.92. The first kappa shape index (κ1) is 13.8. The Morgan fingerprint density at radius 2 is 1.89 bits per heavy atom. The highest BCUT2D eigenvalue weighted by Gasteiger charge is 2.19. The van der Waals surface area contributed by atoms with Crippen molar-refractivity contribution in [3.8, 4) is 0 Å². The highest BCUT2D eigenvalue weighted by molar-refractivity contribution is 5.40. The van der Waals surface area contributed by atoms with Gasteiger partial charge < -0.3 is 21.1 Å². The maximum absolute atomic E-state index is 9.47. The summed E-state index contributed by atoms with van der Waals surface area (Å²) in [6.07, 6.45) is 3.72. The molecule has 1 aromatic rings. The minimum Gasteiger partial charge on any atom is -0.393 e. The molecule has 7 nitrogen and oxygen atoms in total. The molecule has 106 valence electrons. The second-order valence-corrected chi connectivity index (χ2v) is 5.27. The Labute approximate surface area is 113 Å². The van der Waals surface area contributed by atoms with E-state index in [-0.39, 0.29) is 12.1 Å². The zero-order valence-corrected chi connectivity index (χ0v) is 11.5. The van der Waals surface area contributed by atoms with Gasteiger partial charge in [-0.2, -0.15) is 15.0 Å². The van der Waals surface area contributed by atoms with Gasteiger partial charge in [0, 0.05) is 20.6 Å². The Balaban J connectivity index is 1.92. The summed E-state index contributed by atoms with van der Waals surface area (Å²) in [5, 5.41) is 12.7. The van der Waals surface area contributed by atoms with Crippen molar-refractivity contribution < 1.29 is 5.11 Å². The third-order valence-corrected chi connectivity index (χ3v) is 3.41. The maximum atomic E-state index is 9.47. The Kier molecular flexibility index (Phi) is 4.36. The summed E-state index contributed by atoms with van der Waals surface area (Å²) >= 11 is 0. The zero-order chi connectivity index (χ0) is 13.8. The minimum absolute atomic E-state index is 0.121. The summed E-state index contributed by atoms with van der Waals surface area (Å²) in [4.78, 5) is 14.2. The second-order valence-electron chi connectivity index (χ2n) is 5.27. The average molecular weight is 266 g/mol. The lowest BCUT2D eigenvalue weighted by atomic mass is 9.87. The van der Waals surface area contributed by atoms with Crippen molar-refractivity contribution >= 4 is 17.8 Å². The van der Waals surface area contributed by atoms with Crippen LogP contribution in [-0.2, 0) is 0 Å². The molecule has 1 aromatic heterocycles. The molecule has 0 amide bonds. The fourth-order valence-corrected chi connectivity index (χ4v) is 2.24. The molecule has 1 aliphatic carbocycles. The molecule has 1 aliphatic rings. The van der Waals surface area contributed by atoms with Gasteiger partial charge in [0.05, 0.1) is 6.10 Å². The number of rotatable bonds is 4. The summed E-state index contributed by atoms with van der Waals surface area (Å²) in [5.74, 6) is 1.85. The molecule has 0 radical (unpaired) electrons. The molecule has 0 saturated heterocycles. The monoisotopic (exact) mass is 266 g/mol. The molecule has 19 heavy (non-hydrogen) atoms. The highest BCUT2D eigenvalue weighted by atomic mass is 16.3. The number of nitrogens with one attached hydrogen (secondary N) is 1. The molecule has 4 N–H and O–H groups in total. The van der Waals surface area contributed by atoms with Crippen LogP contribution in [-0.4, -0.2) is 46.8 Å². The number of aliphatic hydroxyl groups is 1. The largest absolute Gasteiger partial charge is 0.393 e. The van der Waals surface area contributed by atoms with Gasteiger partial charge in [0.2, 0.25) is 17.8 Å². The van der Waals surface area contributed by atoms with Crippen LogP contribution in [0.2, 0.25) is 0 Å². The van der Waals surface area contributed by atoms with Crippen molar-refractivity contribution in [1.82, 2.24) is 15.0 Å². The van der Waals surface area contributed by atoms with Gasteiger partial charge in [-0.05, 0) is 31.6 Å². The van der Waals surface area contributed by atoms with Crippen LogP contribution < -0.4 is 16.0 Å². The molecular formula is C12H22N6O. The number of hydrogen-bond acceptors (Lipinski definition) is 7. The van der Waals surface area contributed by atoms with E-state index in [1.807, 2.05) is 14.1 Å². The van der Waals surface area contributed by atoms with E-state index < -0.39 is 0 Å². The van der Waals surface area contributed by atoms with Gasteiger partial charge in [-0.1, -0.05) is 0 Å². The van der Waals surface area contributed by atoms with Crippen molar-refractivity contribution in [2.45, 2.75) is 31.8 Å². The number of aliphatic hydroxyl groups excluding tert-OH is 1. The van der Waals surface area contributed by atoms with Gasteiger partial charge in [-0.25, -0.2) is 0 Å². The van der Waals surface area contributed by atoms with Crippen LogP contribution in [0.25, 0.3) is 0 Å². The number of aromatic nitrogens is 3. The Hall–Kier alpha value is -1.63. The average Bonchev–Trinajstić information content (AvgIpc) is 2.37. The van der Waals surface area contributed by atoms with E-state index in [1.54, 1.807) is 4.90 Å². The van der Waals surface area contributed by atoms with Crippen molar-refractivity contribution in [2.24, 2.45) is 5.92 Å². The number of nitrogen functional groups attached to an aromatic ring is 1. The molecule has 0 spiro atoms. The topological polar surface area (TPSA) is 100 Å². The van der Waals surface area contributed by atoms with E-state index in [9.17, 15) is 5.11 Å². The first-order chi connectivity index (χ1) is 9.04. The summed E-state index contributed by atoms with van der Waals surface area (Å²) in [7, 11) is 3.72. The number of nitrogens with two attached hydrogens (primary N) is 1. The standard InChI is InChI=1S/C12H22N6O/c1-18(2)12-16-10(13)15-11(17-12)14-7-8-3-5-9(19)6-4-8/h8-9,19H,3-7H2,1-2H3,(H3,13,14,15,16,17). The summed E-state index contributed by atoms with van der Waals surface area (Å²) in [5.41, 5.74) is 5.66. The predicted molar refractivity (Wildman–Crippen MR) is 75.0 cm³/mol. The predicted octanol–water partition coefficient (Wildman–Crippen LogP) is 0.483. The van der Waals surface area contributed by atoms with Crippen LogP contribution >= 0.6 is 0 Å². The quantitative estimate of drug-likeness (QED) is 0.729. The van der Waals surface area contributed by atoms with Crippen molar-refractivity contribution in [3.63, 3.8) is 0 Å². The lowest BCUT2D eigenvalue weighted by Crippen LogP contribution is -2.24. The molecule has 2 rings (SSSR count). The van der Waals surface area contributed by atoms with Crippen LogP contribution in [0.1, 0.15) is 25.7 Å². The summed E-state index contributed by atoms with van der Waals surface area (Å²) in [6.45, 7) is 0.809. The van der Waals surface area contributed by atoms with Crippen LogP contribution in [0, 0.1) is 5.92 Å². The van der Waals surface area contributed by atoms with Crippen molar-refractivity contribution in [1.29, 1.82) is 0 Å². The van der Waals surface area contributed by atoms with Crippen LogP contribution in [0.5, 0.6) is 0 Å². The van der Waals surface area contributed by atoms with Gasteiger partial charge in [-0.15, -0.1) is 0 Å². The molecule has 0 aromatic carbocycles. The van der Waals surface area contributed by atoms with Crippen LogP contribution in [0.4, 0.5) is 17.8 Å². The van der Waals surface area contributed by atoms with Crippen molar-refractivity contribution in [3.05, 3.63) is 0 Å². The van der Waals surface area contributed by atoms with Gasteiger partial charge >= 0.3 is 0 Å². The minimum atomic E-state index is -0.121. The fraction of sp³-hybridized carbons (Fsp3) is 0.750. The first-order valence-corrected chi connectivity index (χ1v) is 6.65. The molecule has 1 saturated carbocycles. The number of anilines is 3. The highest BCUT2D eigenvalue weighted by Crippen LogP contribution is 2.24. The smallest absolute Gasteiger partial charge is 0.231 e. The number of hydrogen-bond donors (Lipinski definition) is 3. The molecule has 0 bridgehead atoms. The lowest BCUT2D eigenvalue weighted by Gasteiger charge is -2.25. The van der Waals surface area contributed by atoms with Crippen LogP contribution in [0.3, 0.4) is 0 Å². The van der Waals surface area contributed by atoms with E-state index in [0.29, 0.717) is 17.8 Å². The Morgan fingerprint density at radius 3 is 2.53 bits per heavy atom. The fourth-order valence-electron chi connectivity index (χ4n) is 2.24. The van der Waals surface area contributed by atoms with Gasteiger partial charge in [0.25, 0.3) is 0 Å². The van der Waals surface area contributed by atoms with Gasteiger partial charge in [0.1, 0.15) is 0 Å². The van der Waals surface area contributed by atoms with Gasteiger partial charge in [-0.3, -0.25) is 0 Å². The first-order valence-electron chi connectivity index (χ1n) is 6.65. The molecular weight excluding hydrogens is 244 g/mol. The van der Waals surface area contributed by atoms with Crippen molar-refractivity contribution in [2.75, 3.05) is 36.6 Å². The summed E-state index contributed by atoms with van der Waals surface area (Å²) < 4.78 is 0. The Bertz CT molecular complexity index is 417. The molecule has 0 unspecified atom stereocenters. The third-order valence-electron chi connectivity index (χ3n) is 3.41. The molecule has 1 heterocycles. The van der Waals surface area contributed by atoms with E-state index in [1.165, 1.54) is 0 Å². The van der Waals surface area contributed by atoms with E-state index in [4.69, 9.17) is 5.73 Å². The summed E-state index contributed by atoms with van der Waals surface area (Å²) in [6, 6.07) is 0. The van der Waals surface area contributed by atoms with E-state index in [0.717, 1.165) is 32.2 Å². The Morgan fingerprint density at radius 1 is 1.21 bits per heavy atom. The second kappa shape index (κ2) is 6.01. The molecule has 0 atom stereocenters.